The number of aliphatic imine (C=N–C) groups is 3. The summed E-state index contributed by atoms with van der Waals surface area (Å²) in [7, 11) is 0. The Bertz CT molecular complexity index is 1040. The lowest BCUT2D eigenvalue weighted by Crippen LogP contribution is -1.94. The molecule has 0 unspecified atom stereocenters. The van der Waals surface area contributed by atoms with Crippen LogP contribution in [0.15, 0.2) is 124 Å². The van der Waals surface area contributed by atoms with Crippen LogP contribution in [0.1, 0.15) is 33.4 Å². The first-order chi connectivity index (χ1) is 16.3. The van der Waals surface area contributed by atoms with E-state index in [1.807, 2.05) is 73.2 Å². The van der Waals surface area contributed by atoms with Crippen molar-refractivity contribution in [1.82, 2.24) is 0 Å². The number of hydrogen-bond donors (Lipinski definition) is 0. The minimum atomic E-state index is 0.626. The molecule has 0 atom stereocenters. The second-order valence-corrected chi connectivity index (χ2v) is 7.80. The van der Waals surface area contributed by atoms with Gasteiger partial charge in [-0.1, -0.05) is 109 Å². The zero-order valence-corrected chi connectivity index (χ0v) is 18.6. The highest BCUT2D eigenvalue weighted by Crippen LogP contribution is 2.14. The van der Waals surface area contributed by atoms with Crippen molar-refractivity contribution in [3.05, 3.63) is 143 Å². The van der Waals surface area contributed by atoms with E-state index in [0.717, 1.165) is 16.7 Å². The van der Waals surface area contributed by atoms with Crippen molar-refractivity contribution in [1.29, 1.82) is 0 Å². The summed E-state index contributed by atoms with van der Waals surface area (Å²) >= 11 is 0. The largest absolute Gasteiger partial charge is 0.288 e. The van der Waals surface area contributed by atoms with Crippen molar-refractivity contribution in [3.63, 3.8) is 0 Å². The van der Waals surface area contributed by atoms with Gasteiger partial charge in [0.2, 0.25) is 0 Å². The van der Waals surface area contributed by atoms with Gasteiger partial charge in [-0.3, -0.25) is 15.0 Å². The van der Waals surface area contributed by atoms with Crippen LogP contribution in [0, 0.1) is 0 Å². The molecule has 4 rings (SSSR count). The van der Waals surface area contributed by atoms with Gasteiger partial charge in [0.1, 0.15) is 0 Å². The molecule has 0 saturated heterocycles. The SMILES string of the molecule is C(=NCc1cc(CN=Cc2ccccc2)cc(CN=Cc2ccccc2)c1)c1ccccc1. The Morgan fingerprint density at radius 1 is 0.394 bits per heavy atom. The van der Waals surface area contributed by atoms with Crippen LogP contribution in [0.2, 0.25) is 0 Å². The molecule has 0 fully saturated rings. The zero-order valence-electron chi connectivity index (χ0n) is 18.6. The van der Waals surface area contributed by atoms with E-state index in [1.54, 1.807) is 0 Å². The van der Waals surface area contributed by atoms with Crippen molar-refractivity contribution in [2.24, 2.45) is 15.0 Å². The van der Waals surface area contributed by atoms with E-state index in [0.29, 0.717) is 19.6 Å². The van der Waals surface area contributed by atoms with E-state index in [2.05, 4.69) is 69.6 Å². The fourth-order valence-corrected chi connectivity index (χ4v) is 3.50. The van der Waals surface area contributed by atoms with Crippen LogP contribution >= 0.6 is 0 Å². The molecule has 33 heavy (non-hydrogen) atoms. The van der Waals surface area contributed by atoms with Gasteiger partial charge >= 0.3 is 0 Å². The quantitative estimate of drug-likeness (QED) is 0.271. The molecule has 0 spiro atoms. The second kappa shape index (κ2) is 12.1. The molecule has 0 radical (unpaired) electrons. The molecular weight excluding hydrogens is 402 g/mol. The van der Waals surface area contributed by atoms with Gasteiger partial charge in [-0.15, -0.1) is 0 Å². The number of rotatable bonds is 9. The first-order valence-electron chi connectivity index (χ1n) is 11.1. The molecule has 0 saturated carbocycles. The van der Waals surface area contributed by atoms with Gasteiger partial charge in [-0.25, -0.2) is 0 Å². The smallest absolute Gasteiger partial charge is 0.0640 e. The predicted molar refractivity (Wildman–Crippen MR) is 140 cm³/mol. The molecule has 0 bridgehead atoms. The summed E-state index contributed by atoms with van der Waals surface area (Å²) in [6.07, 6.45) is 5.77. The van der Waals surface area contributed by atoms with Crippen LogP contribution in [0.5, 0.6) is 0 Å². The Labute approximate surface area is 195 Å². The van der Waals surface area contributed by atoms with Gasteiger partial charge in [0.25, 0.3) is 0 Å². The number of benzene rings is 4. The van der Waals surface area contributed by atoms with Gasteiger partial charge in [0.05, 0.1) is 19.6 Å². The molecule has 162 valence electrons. The van der Waals surface area contributed by atoms with Crippen LogP contribution in [0.4, 0.5) is 0 Å². The highest BCUT2D eigenvalue weighted by molar-refractivity contribution is 5.80. The summed E-state index contributed by atoms with van der Waals surface area (Å²) in [5.74, 6) is 0. The van der Waals surface area contributed by atoms with E-state index >= 15 is 0 Å². The highest BCUT2D eigenvalue weighted by Gasteiger charge is 2.01. The Hall–Kier alpha value is -4.11. The summed E-state index contributed by atoms with van der Waals surface area (Å²) < 4.78 is 0. The van der Waals surface area contributed by atoms with Crippen LogP contribution in [-0.4, -0.2) is 18.6 Å². The summed E-state index contributed by atoms with van der Waals surface area (Å²) in [6.45, 7) is 1.88. The van der Waals surface area contributed by atoms with Gasteiger partial charge in [0.15, 0.2) is 0 Å². The summed E-state index contributed by atoms with van der Waals surface area (Å²) in [5, 5.41) is 0. The van der Waals surface area contributed by atoms with Crippen LogP contribution in [0.25, 0.3) is 0 Å². The molecule has 4 aromatic rings. The number of nitrogens with zero attached hydrogens (tertiary/aromatic N) is 3. The third kappa shape index (κ3) is 7.51. The van der Waals surface area contributed by atoms with Gasteiger partial charge in [-0.05, 0) is 33.4 Å². The first-order valence-corrected chi connectivity index (χ1v) is 11.1. The fourth-order valence-electron chi connectivity index (χ4n) is 3.50. The third-order valence-corrected chi connectivity index (χ3v) is 5.05. The predicted octanol–water partition coefficient (Wildman–Crippen LogP) is 6.54. The fraction of sp³-hybridized carbons (Fsp3) is 0.100. The van der Waals surface area contributed by atoms with Gasteiger partial charge in [-0.2, -0.15) is 0 Å². The highest BCUT2D eigenvalue weighted by atomic mass is 14.7. The van der Waals surface area contributed by atoms with E-state index in [-0.39, 0.29) is 0 Å². The first kappa shape index (κ1) is 22.1. The standard InChI is InChI=1S/C30H27N3/c1-4-10-25(11-5-1)19-31-22-28-16-29(23-32-20-26-12-6-2-7-13-26)18-30(17-28)24-33-21-27-14-8-3-9-15-27/h1-21H,22-24H2. The maximum absolute atomic E-state index is 4.65. The van der Waals surface area contributed by atoms with Crippen molar-refractivity contribution >= 4 is 18.6 Å². The van der Waals surface area contributed by atoms with E-state index in [1.165, 1.54) is 16.7 Å². The third-order valence-electron chi connectivity index (χ3n) is 5.05. The Balaban J connectivity index is 1.49. The maximum Gasteiger partial charge on any atom is 0.0640 e. The number of hydrogen-bond acceptors (Lipinski definition) is 3. The monoisotopic (exact) mass is 429 g/mol. The molecule has 0 aliphatic rings. The maximum atomic E-state index is 4.65. The lowest BCUT2D eigenvalue weighted by Gasteiger charge is -2.06. The van der Waals surface area contributed by atoms with Crippen molar-refractivity contribution in [2.75, 3.05) is 0 Å². The molecule has 0 heterocycles. The minimum Gasteiger partial charge on any atom is -0.288 e. The Kier molecular flexibility index (Phi) is 8.08. The molecule has 0 aromatic heterocycles. The molecule has 3 nitrogen and oxygen atoms in total. The summed E-state index contributed by atoms with van der Waals surface area (Å²) in [5.41, 5.74) is 6.81. The lowest BCUT2D eigenvalue weighted by molar-refractivity contribution is 0.993. The van der Waals surface area contributed by atoms with Crippen LogP contribution in [0.3, 0.4) is 0 Å². The average molecular weight is 430 g/mol. The van der Waals surface area contributed by atoms with Crippen molar-refractivity contribution < 1.29 is 0 Å². The summed E-state index contributed by atoms with van der Waals surface area (Å²) in [6, 6.07) is 37.1. The molecule has 0 N–H and O–H groups in total. The Morgan fingerprint density at radius 2 is 0.667 bits per heavy atom. The molecule has 0 aliphatic heterocycles. The van der Waals surface area contributed by atoms with Crippen molar-refractivity contribution in [2.45, 2.75) is 19.6 Å². The van der Waals surface area contributed by atoms with Crippen LogP contribution < -0.4 is 0 Å². The van der Waals surface area contributed by atoms with E-state index in [9.17, 15) is 0 Å². The molecule has 3 heteroatoms. The lowest BCUT2D eigenvalue weighted by atomic mass is 10.1. The summed E-state index contributed by atoms with van der Waals surface area (Å²) in [4.78, 5) is 13.9. The molecule has 0 amide bonds. The molecular formula is C30H27N3. The van der Waals surface area contributed by atoms with E-state index in [4.69, 9.17) is 0 Å². The molecule has 4 aromatic carbocycles. The normalized spacial score (nSPS) is 11.6. The van der Waals surface area contributed by atoms with Gasteiger partial charge in [0, 0.05) is 18.6 Å². The average Bonchev–Trinajstić information content (AvgIpc) is 2.86. The molecule has 0 aliphatic carbocycles. The van der Waals surface area contributed by atoms with Crippen LogP contribution in [-0.2, 0) is 19.6 Å². The van der Waals surface area contributed by atoms with E-state index < -0.39 is 0 Å². The zero-order chi connectivity index (χ0) is 22.6. The second-order valence-electron chi connectivity index (χ2n) is 7.80. The minimum absolute atomic E-state index is 0.626. The Morgan fingerprint density at radius 3 is 0.939 bits per heavy atom. The van der Waals surface area contributed by atoms with Gasteiger partial charge < -0.3 is 0 Å². The topological polar surface area (TPSA) is 37.1 Å². The van der Waals surface area contributed by atoms with Crippen molar-refractivity contribution in [3.8, 4) is 0 Å².